The highest BCUT2D eigenvalue weighted by Crippen LogP contribution is 2.44. The lowest BCUT2D eigenvalue weighted by atomic mass is 9.88. The van der Waals surface area contributed by atoms with Gasteiger partial charge < -0.3 is 28.4 Å². The van der Waals surface area contributed by atoms with Crippen molar-refractivity contribution in [3.05, 3.63) is 46.5 Å². The second-order valence-corrected chi connectivity index (χ2v) is 8.70. The Morgan fingerprint density at radius 2 is 0.944 bits per heavy atom. The molecule has 2 aliphatic heterocycles. The minimum absolute atomic E-state index is 0.00859. The lowest BCUT2D eigenvalue weighted by molar-refractivity contribution is -0.114. The van der Waals surface area contributed by atoms with E-state index in [1.54, 1.807) is 54.8 Å². The number of piperidine rings is 1. The molecule has 2 atom stereocenters. The van der Waals surface area contributed by atoms with Gasteiger partial charge >= 0.3 is 0 Å². The number of likely N-dealkylation sites (N-methyl/N-ethyl adjacent to an activating group) is 1. The summed E-state index contributed by atoms with van der Waals surface area (Å²) >= 11 is 0. The maximum absolute atomic E-state index is 13.9. The summed E-state index contributed by atoms with van der Waals surface area (Å²) in [5.74, 6) is 3.46. The summed E-state index contributed by atoms with van der Waals surface area (Å²) in [6.45, 7) is 0. The molecular formula is C28H33NO7. The van der Waals surface area contributed by atoms with Gasteiger partial charge in [-0.2, -0.15) is 0 Å². The molecule has 0 N–H and O–H groups in total. The predicted molar refractivity (Wildman–Crippen MR) is 138 cm³/mol. The Kier molecular flexibility index (Phi) is 7.45. The topological polar surface area (TPSA) is 75.7 Å². The summed E-state index contributed by atoms with van der Waals surface area (Å²) in [6.07, 6.45) is 5.58. The quantitative estimate of drug-likeness (QED) is 0.503. The number of nitrogens with zero attached hydrogens (tertiary/aromatic N) is 1. The summed E-state index contributed by atoms with van der Waals surface area (Å²) in [4.78, 5) is 16.2. The lowest BCUT2D eigenvalue weighted by Gasteiger charge is -2.34. The van der Waals surface area contributed by atoms with E-state index in [9.17, 15) is 4.79 Å². The molecule has 2 saturated heterocycles. The van der Waals surface area contributed by atoms with Crippen LogP contribution in [0.4, 0.5) is 0 Å². The molecule has 2 aromatic rings. The van der Waals surface area contributed by atoms with Gasteiger partial charge in [0.25, 0.3) is 0 Å². The van der Waals surface area contributed by atoms with E-state index in [4.69, 9.17) is 28.4 Å². The Labute approximate surface area is 212 Å². The Balaban J connectivity index is 1.84. The third kappa shape index (κ3) is 4.37. The normalized spacial score (nSPS) is 21.6. The summed E-state index contributed by atoms with van der Waals surface area (Å²) in [7, 11) is 11.6. The number of hydrogen-bond donors (Lipinski definition) is 0. The molecule has 2 bridgehead atoms. The number of ether oxygens (including phenoxy) is 6. The molecule has 4 rings (SSSR count). The van der Waals surface area contributed by atoms with Crippen LogP contribution in [0.3, 0.4) is 0 Å². The third-order valence-electron chi connectivity index (χ3n) is 7.03. The molecule has 0 radical (unpaired) electrons. The van der Waals surface area contributed by atoms with E-state index in [1.807, 2.05) is 24.3 Å². The largest absolute Gasteiger partial charge is 0.496 e. The van der Waals surface area contributed by atoms with Crippen molar-refractivity contribution in [2.75, 3.05) is 49.7 Å². The van der Waals surface area contributed by atoms with Crippen LogP contribution in [0.15, 0.2) is 35.4 Å². The van der Waals surface area contributed by atoms with Crippen LogP contribution >= 0.6 is 0 Å². The Morgan fingerprint density at radius 3 is 1.28 bits per heavy atom. The average Bonchev–Trinajstić information content (AvgIpc) is 3.22. The first-order chi connectivity index (χ1) is 17.4. The van der Waals surface area contributed by atoms with Crippen LogP contribution in [-0.4, -0.2) is 72.5 Å². The van der Waals surface area contributed by atoms with E-state index in [1.165, 1.54) is 0 Å². The van der Waals surface area contributed by atoms with E-state index in [-0.39, 0.29) is 17.9 Å². The molecule has 2 aliphatic rings. The first-order valence-electron chi connectivity index (χ1n) is 11.7. The number of benzene rings is 2. The molecule has 2 unspecified atom stereocenters. The number of ketones is 1. The molecular weight excluding hydrogens is 462 g/mol. The second-order valence-electron chi connectivity index (χ2n) is 8.70. The molecule has 0 amide bonds. The van der Waals surface area contributed by atoms with Gasteiger partial charge in [-0.15, -0.1) is 0 Å². The maximum Gasteiger partial charge on any atom is 0.188 e. The van der Waals surface area contributed by atoms with Crippen LogP contribution < -0.4 is 28.4 Å². The van der Waals surface area contributed by atoms with Crippen molar-refractivity contribution in [1.29, 1.82) is 0 Å². The number of carbonyl (C=O) groups excluding carboxylic acids is 1. The van der Waals surface area contributed by atoms with Crippen molar-refractivity contribution in [2.24, 2.45) is 0 Å². The first-order valence-corrected chi connectivity index (χ1v) is 11.7. The minimum atomic E-state index is 0.00859. The molecule has 2 heterocycles. The highest BCUT2D eigenvalue weighted by atomic mass is 16.5. The highest BCUT2D eigenvalue weighted by Gasteiger charge is 2.44. The van der Waals surface area contributed by atoms with E-state index in [2.05, 4.69) is 11.9 Å². The summed E-state index contributed by atoms with van der Waals surface area (Å²) < 4.78 is 33.0. The van der Waals surface area contributed by atoms with Crippen molar-refractivity contribution < 1.29 is 33.2 Å². The number of rotatable bonds is 8. The van der Waals surface area contributed by atoms with Crippen LogP contribution in [0.25, 0.3) is 12.2 Å². The van der Waals surface area contributed by atoms with Crippen LogP contribution in [0.2, 0.25) is 0 Å². The fourth-order valence-corrected chi connectivity index (χ4v) is 5.15. The van der Waals surface area contributed by atoms with E-state index >= 15 is 0 Å². The van der Waals surface area contributed by atoms with Gasteiger partial charge in [0.15, 0.2) is 28.8 Å². The molecule has 0 aliphatic carbocycles. The number of carbonyl (C=O) groups is 1. The fourth-order valence-electron chi connectivity index (χ4n) is 5.15. The van der Waals surface area contributed by atoms with Crippen molar-refractivity contribution in [2.45, 2.75) is 24.9 Å². The summed E-state index contributed by atoms with van der Waals surface area (Å²) in [6, 6.07) is 7.24. The smallest absolute Gasteiger partial charge is 0.188 e. The summed E-state index contributed by atoms with van der Waals surface area (Å²) in [5, 5.41) is 0. The van der Waals surface area contributed by atoms with Crippen molar-refractivity contribution in [3.8, 4) is 34.5 Å². The Hall–Kier alpha value is -3.65. The fraction of sp³-hybridized carbons (Fsp3) is 0.393. The van der Waals surface area contributed by atoms with Gasteiger partial charge in [0, 0.05) is 46.5 Å². The zero-order chi connectivity index (χ0) is 26.0. The monoisotopic (exact) mass is 495 g/mol. The van der Waals surface area contributed by atoms with E-state index in [0.717, 1.165) is 24.0 Å². The van der Waals surface area contributed by atoms with Gasteiger partial charge in [-0.25, -0.2) is 0 Å². The minimum Gasteiger partial charge on any atom is -0.496 e. The molecule has 0 saturated carbocycles. The van der Waals surface area contributed by atoms with Gasteiger partial charge in [0.1, 0.15) is 11.5 Å². The van der Waals surface area contributed by atoms with Crippen LogP contribution in [-0.2, 0) is 4.79 Å². The van der Waals surface area contributed by atoms with Crippen LogP contribution in [0.1, 0.15) is 24.0 Å². The molecule has 2 aromatic carbocycles. The molecule has 2 fully saturated rings. The van der Waals surface area contributed by atoms with Gasteiger partial charge in [-0.05, 0) is 44.2 Å². The van der Waals surface area contributed by atoms with E-state index < -0.39 is 0 Å². The third-order valence-corrected chi connectivity index (χ3v) is 7.03. The Morgan fingerprint density at radius 1 is 0.611 bits per heavy atom. The van der Waals surface area contributed by atoms with Crippen molar-refractivity contribution in [3.63, 3.8) is 0 Å². The van der Waals surface area contributed by atoms with Gasteiger partial charge in [-0.1, -0.05) is 0 Å². The molecule has 0 aromatic heterocycles. The molecule has 192 valence electrons. The molecule has 0 spiro atoms. The number of methoxy groups -OCH3 is 6. The molecule has 36 heavy (non-hydrogen) atoms. The predicted octanol–water partition coefficient (Wildman–Crippen LogP) is 4.25. The first kappa shape index (κ1) is 25.4. The Bertz CT molecular complexity index is 1130. The SMILES string of the molecule is COc1cc(OC)c(OC)cc1C=C1C(=O)C(=Cc2cc(OC)c(OC)cc2OC)C2CCC1N2C. The zero-order valence-electron chi connectivity index (χ0n) is 21.8. The lowest BCUT2D eigenvalue weighted by Crippen LogP contribution is -2.43. The number of hydrogen-bond acceptors (Lipinski definition) is 8. The molecule has 8 heteroatoms. The zero-order valence-corrected chi connectivity index (χ0v) is 21.8. The van der Waals surface area contributed by atoms with Crippen molar-refractivity contribution in [1.82, 2.24) is 4.90 Å². The number of fused-ring (bicyclic) bond motifs is 2. The average molecular weight is 496 g/mol. The number of Topliss-reactive ketones (excluding diaryl/α,β-unsaturated/α-hetero) is 1. The van der Waals surface area contributed by atoms with Gasteiger partial charge in [-0.3, -0.25) is 9.69 Å². The van der Waals surface area contributed by atoms with Crippen LogP contribution in [0.5, 0.6) is 34.5 Å². The standard InChI is InChI=1S/C28H33NO7/c1-29-20-8-9-21(29)19(11-17-13-25(34-5)27(36-7)15-23(17)32-3)28(30)18(20)10-16-12-24(33-4)26(35-6)14-22(16)31-2/h10-15,20-21H,8-9H2,1-7H3. The summed E-state index contributed by atoms with van der Waals surface area (Å²) in [5.41, 5.74) is 2.92. The highest BCUT2D eigenvalue weighted by molar-refractivity contribution is 6.16. The maximum atomic E-state index is 13.9. The van der Waals surface area contributed by atoms with Gasteiger partial charge in [0.05, 0.1) is 42.7 Å². The second kappa shape index (κ2) is 10.5. The van der Waals surface area contributed by atoms with E-state index in [0.29, 0.717) is 45.6 Å². The van der Waals surface area contributed by atoms with Crippen LogP contribution in [0, 0.1) is 0 Å². The van der Waals surface area contributed by atoms with Gasteiger partial charge in [0.2, 0.25) is 0 Å². The molecule has 8 nitrogen and oxygen atoms in total. The van der Waals surface area contributed by atoms with Crippen molar-refractivity contribution >= 4 is 17.9 Å².